The molecule has 1 aromatic carbocycles. The normalized spacial score (nSPS) is 11.0. The van der Waals surface area contributed by atoms with Gasteiger partial charge in [-0.05, 0) is 73.4 Å². The molecule has 0 bridgehead atoms. The van der Waals surface area contributed by atoms with Crippen molar-refractivity contribution in [2.75, 3.05) is 0 Å². The van der Waals surface area contributed by atoms with Crippen LogP contribution < -0.4 is 0 Å². The van der Waals surface area contributed by atoms with Crippen molar-refractivity contribution < 1.29 is 0 Å². The van der Waals surface area contributed by atoms with Crippen LogP contribution in [-0.4, -0.2) is 0 Å². The van der Waals surface area contributed by atoms with Crippen LogP contribution in [0.5, 0.6) is 0 Å². The monoisotopic (exact) mass is 246 g/mol. The van der Waals surface area contributed by atoms with Crippen LogP contribution in [0.15, 0.2) is 0 Å². The van der Waals surface area contributed by atoms with Gasteiger partial charge in [0, 0.05) is 0 Å². The van der Waals surface area contributed by atoms with Crippen LogP contribution in [0.1, 0.15) is 73.4 Å². The zero-order valence-corrected chi connectivity index (χ0v) is 13.2. The van der Waals surface area contributed by atoms with Crippen LogP contribution >= 0.6 is 0 Å². The molecule has 0 aliphatic carbocycles. The molecule has 0 amide bonds. The van der Waals surface area contributed by atoms with Crippen LogP contribution in [0, 0.1) is 20.8 Å². The summed E-state index contributed by atoms with van der Waals surface area (Å²) in [5, 5.41) is 0. The van der Waals surface area contributed by atoms with E-state index in [0.29, 0.717) is 0 Å². The van der Waals surface area contributed by atoms with E-state index in [1.54, 1.807) is 33.4 Å². The number of hydrogen-bond acceptors (Lipinski definition) is 0. The zero-order valence-electron chi connectivity index (χ0n) is 13.2. The predicted octanol–water partition coefficient (Wildman–Crippen LogP) is 5.47. The van der Waals surface area contributed by atoms with E-state index in [-0.39, 0.29) is 0 Å². The molecule has 0 saturated carbocycles. The highest BCUT2D eigenvalue weighted by molar-refractivity contribution is 5.50. The molecule has 0 atom stereocenters. The Balaban J connectivity index is 3.43. The van der Waals surface area contributed by atoms with Gasteiger partial charge in [0.2, 0.25) is 0 Å². The third kappa shape index (κ3) is 2.96. The van der Waals surface area contributed by atoms with E-state index >= 15 is 0 Å². The summed E-state index contributed by atoms with van der Waals surface area (Å²) < 4.78 is 0. The Labute approximate surface area is 114 Å². The van der Waals surface area contributed by atoms with Crippen molar-refractivity contribution in [1.29, 1.82) is 0 Å². The maximum Gasteiger partial charge on any atom is -0.0276 e. The van der Waals surface area contributed by atoms with E-state index < -0.39 is 0 Å². The fourth-order valence-corrected chi connectivity index (χ4v) is 3.17. The minimum atomic E-state index is 1.24. The Kier molecular flexibility index (Phi) is 5.91. The third-order valence-electron chi connectivity index (χ3n) is 4.24. The molecule has 0 spiro atoms. The largest absolute Gasteiger partial charge is 0.0651 e. The Bertz CT molecular complexity index is 399. The van der Waals surface area contributed by atoms with Crippen molar-refractivity contribution in [2.45, 2.75) is 80.1 Å². The molecule has 1 aromatic rings. The summed E-state index contributed by atoms with van der Waals surface area (Å²) >= 11 is 0. The molecular formula is C18H30. The first-order chi connectivity index (χ1) is 8.58. The van der Waals surface area contributed by atoms with Gasteiger partial charge in [-0.1, -0.05) is 40.0 Å². The zero-order chi connectivity index (χ0) is 13.7. The molecule has 0 heteroatoms. The molecule has 0 fully saturated rings. The van der Waals surface area contributed by atoms with Crippen molar-refractivity contribution in [1.82, 2.24) is 0 Å². The van der Waals surface area contributed by atoms with Gasteiger partial charge in [-0.15, -0.1) is 0 Å². The van der Waals surface area contributed by atoms with E-state index in [1.165, 1.54) is 38.5 Å². The van der Waals surface area contributed by atoms with Crippen molar-refractivity contribution in [2.24, 2.45) is 0 Å². The molecule has 0 unspecified atom stereocenters. The lowest BCUT2D eigenvalue weighted by molar-refractivity contribution is 0.824. The molecule has 0 aliphatic rings. The molecule has 102 valence electrons. The Morgan fingerprint density at radius 3 is 1.28 bits per heavy atom. The molecule has 0 saturated heterocycles. The summed E-state index contributed by atoms with van der Waals surface area (Å²) in [4.78, 5) is 0. The molecule has 0 radical (unpaired) electrons. The number of rotatable bonds is 6. The Hall–Kier alpha value is -0.780. The van der Waals surface area contributed by atoms with E-state index in [0.717, 1.165) is 0 Å². The van der Waals surface area contributed by atoms with Gasteiger partial charge < -0.3 is 0 Å². The van der Waals surface area contributed by atoms with Gasteiger partial charge in [-0.3, -0.25) is 0 Å². The minimum Gasteiger partial charge on any atom is -0.0651 e. The topological polar surface area (TPSA) is 0 Å². The highest BCUT2D eigenvalue weighted by Gasteiger charge is 2.15. The molecule has 0 N–H and O–H groups in total. The van der Waals surface area contributed by atoms with Crippen LogP contribution in [0.3, 0.4) is 0 Å². The first-order valence-corrected chi connectivity index (χ1v) is 7.68. The van der Waals surface area contributed by atoms with Crippen LogP contribution in [0.2, 0.25) is 0 Å². The third-order valence-corrected chi connectivity index (χ3v) is 4.24. The van der Waals surface area contributed by atoms with E-state index in [4.69, 9.17) is 0 Å². The molecular weight excluding hydrogens is 216 g/mol. The Morgan fingerprint density at radius 2 is 0.833 bits per heavy atom. The van der Waals surface area contributed by atoms with Gasteiger partial charge >= 0.3 is 0 Å². The summed E-state index contributed by atoms with van der Waals surface area (Å²) in [5.41, 5.74) is 9.63. The first-order valence-electron chi connectivity index (χ1n) is 7.68. The fourth-order valence-electron chi connectivity index (χ4n) is 3.17. The molecule has 0 aliphatic heterocycles. The average molecular weight is 246 g/mol. The van der Waals surface area contributed by atoms with Gasteiger partial charge in [0.1, 0.15) is 0 Å². The lowest BCUT2D eigenvalue weighted by Crippen LogP contribution is -2.08. The van der Waals surface area contributed by atoms with Gasteiger partial charge in [0.25, 0.3) is 0 Å². The molecule has 18 heavy (non-hydrogen) atoms. The standard InChI is InChI=1S/C18H30/c1-7-10-16-13(4)14(5)17(11-8-2)18(12-9-3)15(16)6/h7-12H2,1-6H3. The lowest BCUT2D eigenvalue weighted by Gasteiger charge is -2.22. The fraction of sp³-hybridized carbons (Fsp3) is 0.667. The van der Waals surface area contributed by atoms with Gasteiger partial charge in [0.05, 0.1) is 0 Å². The van der Waals surface area contributed by atoms with E-state index in [1.807, 2.05) is 0 Å². The highest BCUT2D eigenvalue weighted by atomic mass is 14.2. The summed E-state index contributed by atoms with van der Waals surface area (Å²) in [6, 6.07) is 0. The second-order valence-electron chi connectivity index (χ2n) is 5.56. The summed E-state index contributed by atoms with van der Waals surface area (Å²) in [5.74, 6) is 0. The van der Waals surface area contributed by atoms with Gasteiger partial charge in [0.15, 0.2) is 0 Å². The average Bonchev–Trinajstić information content (AvgIpc) is 2.36. The lowest BCUT2D eigenvalue weighted by atomic mass is 9.83. The van der Waals surface area contributed by atoms with Crippen molar-refractivity contribution in [3.63, 3.8) is 0 Å². The smallest absolute Gasteiger partial charge is 0.0276 e. The summed E-state index contributed by atoms with van der Waals surface area (Å²) in [6.07, 6.45) is 7.49. The maximum absolute atomic E-state index is 2.35. The summed E-state index contributed by atoms with van der Waals surface area (Å²) in [6.45, 7) is 13.9. The molecule has 0 heterocycles. The second kappa shape index (κ2) is 6.97. The quantitative estimate of drug-likeness (QED) is 0.624. The Morgan fingerprint density at radius 1 is 0.500 bits per heavy atom. The van der Waals surface area contributed by atoms with Crippen LogP contribution in [-0.2, 0) is 19.3 Å². The minimum absolute atomic E-state index is 1.24. The first kappa shape index (κ1) is 15.3. The SMILES string of the molecule is CCCc1c(C)c(C)c(CCC)c(CCC)c1C. The molecule has 0 aromatic heterocycles. The van der Waals surface area contributed by atoms with Gasteiger partial charge in [-0.2, -0.15) is 0 Å². The predicted molar refractivity (Wildman–Crippen MR) is 82.6 cm³/mol. The van der Waals surface area contributed by atoms with E-state index in [9.17, 15) is 0 Å². The summed E-state index contributed by atoms with van der Waals surface area (Å²) in [7, 11) is 0. The van der Waals surface area contributed by atoms with Gasteiger partial charge in [-0.25, -0.2) is 0 Å². The van der Waals surface area contributed by atoms with Crippen molar-refractivity contribution in [3.05, 3.63) is 33.4 Å². The number of benzene rings is 1. The molecule has 1 rings (SSSR count). The van der Waals surface area contributed by atoms with E-state index in [2.05, 4.69) is 41.5 Å². The second-order valence-corrected chi connectivity index (χ2v) is 5.56. The molecule has 0 nitrogen and oxygen atoms in total. The van der Waals surface area contributed by atoms with Crippen molar-refractivity contribution >= 4 is 0 Å². The van der Waals surface area contributed by atoms with Crippen molar-refractivity contribution in [3.8, 4) is 0 Å². The number of hydrogen-bond donors (Lipinski definition) is 0. The van der Waals surface area contributed by atoms with Crippen LogP contribution in [0.25, 0.3) is 0 Å². The maximum atomic E-state index is 2.35. The highest BCUT2D eigenvalue weighted by Crippen LogP contribution is 2.30. The van der Waals surface area contributed by atoms with Crippen LogP contribution in [0.4, 0.5) is 0 Å².